The molecule has 4 rings (SSSR count). The van der Waals surface area contributed by atoms with Crippen LogP contribution in [0.3, 0.4) is 0 Å². The normalized spacial score (nSPS) is 10.6. The molecule has 0 aliphatic heterocycles. The van der Waals surface area contributed by atoms with Crippen molar-refractivity contribution in [3.63, 3.8) is 0 Å². The number of amides is 1. The van der Waals surface area contributed by atoms with Crippen molar-refractivity contribution >= 4 is 34.3 Å². The molecule has 1 heterocycles. The number of benzene rings is 3. The Balaban J connectivity index is 1.57. The van der Waals surface area contributed by atoms with Gasteiger partial charge in [-0.2, -0.15) is 0 Å². The van der Waals surface area contributed by atoms with Crippen molar-refractivity contribution in [3.8, 4) is 11.3 Å². The van der Waals surface area contributed by atoms with E-state index in [1.807, 2.05) is 80.6 Å². The largest absolute Gasteiger partial charge is 0.399 e. The summed E-state index contributed by atoms with van der Waals surface area (Å²) in [6.07, 6.45) is 3.85. The van der Waals surface area contributed by atoms with Gasteiger partial charge >= 0.3 is 0 Å². The minimum Gasteiger partial charge on any atom is -0.399 e. The van der Waals surface area contributed by atoms with Gasteiger partial charge in [0.15, 0.2) is 5.82 Å². The minimum absolute atomic E-state index is 0.131. The number of carbonyl (C=O) groups is 1. The number of aromatic nitrogens is 2. The Labute approximate surface area is 181 Å². The molecule has 154 valence electrons. The molecule has 0 aliphatic rings. The maximum absolute atomic E-state index is 12.7. The SMILES string of the molecule is CC(C)=Cc1nc(-c2ccc(N)cc2)cnc1NC(=O)Cc1ccc2ccccc2c1. The number of rotatable bonds is 5. The fourth-order valence-corrected chi connectivity index (χ4v) is 3.38. The molecule has 0 saturated heterocycles. The van der Waals surface area contributed by atoms with E-state index in [4.69, 9.17) is 10.7 Å². The van der Waals surface area contributed by atoms with Crippen LogP contribution in [0.5, 0.6) is 0 Å². The van der Waals surface area contributed by atoms with Gasteiger partial charge in [-0.3, -0.25) is 4.79 Å². The summed E-state index contributed by atoms with van der Waals surface area (Å²) in [4.78, 5) is 21.9. The van der Waals surface area contributed by atoms with Crippen LogP contribution in [0.25, 0.3) is 28.1 Å². The van der Waals surface area contributed by atoms with Crippen molar-refractivity contribution in [1.82, 2.24) is 9.97 Å². The highest BCUT2D eigenvalue weighted by Crippen LogP contribution is 2.23. The predicted octanol–water partition coefficient (Wildman–Crippen LogP) is 5.48. The number of carbonyl (C=O) groups excluding carboxylic acids is 1. The number of nitrogens with zero attached hydrogens (tertiary/aromatic N) is 2. The van der Waals surface area contributed by atoms with Gasteiger partial charge < -0.3 is 11.1 Å². The van der Waals surface area contributed by atoms with Crippen molar-refractivity contribution < 1.29 is 4.79 Å². The molecule has 4 aromatic rings. The van der Waals surface area contributed by atoms with Crippen molar-refractivity contribution in [2.24, 2.45) is 0 Å². The van der Waals surface area contributed by atoms with Gasteiger partial charge in [0, 0.05) is 11.3 Å². The van der Waals surface area contributed by atoms with E-state index in [1.165, 1.54) is 0 Å². The van der Waals surface area contributed by atoms with E-state index in [0.717, 1.165) is 33.2 Å². The van der Waals surface area contributed by atoms with Crippen LogP contribution in [-0.2, 0) is 11.2 Å². The van der Waals surface area contributed by atoms with Gasteiger partial charge in [0.1, 0.15) is 5.69 Å². The molecule has 0 atom stereocenters. The summed E-state index contributed by atoms with van der Waals surface area (Å²) in [7, 11) is 0. The zero-order chi connectivity index (χ0) is 21.8. The lowest BCUT2D eigenvalue weighted by Gasteiger charge is -2.10. The number of allylic oxidation sites excluding steroid dienone is 1. The molecule has 3 aromatic carbocycles. The molecular weight excluding hydrogens is 384 g/mol. The van der Waals surface area contributed by atoms with Gasteiger partial charge in [0.2, 0.25) is 5.91 Å². The van der Waals surface area contributed by atoms with E-state index < -0.39 is 0 Å². The Kier molecular flexibility index (Phi) is 5.76. The number of nitrogens with one attached hydrogen (secondary N) is 1. The zero-order valence-electron chi connectivity index (χ0n) is 17.6. The third-order valence-corrected chi connectivity index (χ3v) is 4.87. The second-order valence-electron chi connectivity index (χ2n) is 7.74. The Morgan fingerprint density at radius 2 is 1.74 bits per heavy atom. The highest BCUT2D eigenvalue weighted by atomic mass is 16.1. The van der Waals surface area contributed by atoms with Crippen LogP contribution in [-0.4, -0.2) is 15.9 Å². The van der Waals surface area contributed by atoms with Crippen molar-refractivity contribution in [2.75, 3.05) is 11.1 Å². The van der Waals surface area contributed by atoms with E-state index in [2.05, 4.69) is 16.4 Å². The molecule has 5 nitrogen and oxygen atoms in total. The summed E-state index contributed by atoms with van der Waals surface area (Å²) in [6, 6.07) is 21.6. The van der Waals surface area contributed by atoms with E-state index in [9.17, 15) is 4.79 Å². The van der Waals surface area contributed by atoms with Gasteiger partial charge in [-0.1, -0.05) is 60.2 Å². The van der Waals surface area contributed by atoms with Crippen molar-refractivity contribution in [2.45, 2.75) is 20.3 Å². The van der Waals surface area contributed by atoms with Crippen LogP contribution in [0.15, 0.2) is 78.5 Å². The monoisotopic (exact) mass is 408 g/mol. The zero-order valence-corrected chi connectivity index (χ0v) is 17.6. The molecule has 31 heavy (non-hydrogen) atoms. The molecule has 0 radical (unpaired) electrons. The summed E-state index contributed by atoms with van der Waals surface area (Å²) in [5.74, 6) is 0.319. The second-order valence-corrected chi connectivity index (χ2v) is 7.74. The molecule has 0 fully saturated rings. The summed E-state index contributed by atoms with van der Waals surface area (Å²) in [5, 5.41) is 5.19. The van der Waals surface area contributed by atoms with E-state index in [1.54, 1.807) is 6.20 Å². The van der Waals surface area contributed by atoms with Crippen molar-refractivity contribution in [3.05, 3.63) is 89.8 Å². The lowest BCUT2D eigenvalue weighted by Crippen LogP contribution is -2.16. The molecule has 5 heteroatoms. The lowest BCUT2D eigenvalue weighted by atomic mass is 10.0. The van der Waals surface area contributed by atoms with Gasteiger partial charge in [-0.15, -0.1) is 0 Å². The fourth-order valence-electron chi connectivity index (χ4n) is 3.38. The average molecular weight is 409 g/mol. The first-order chi connectivity index (χ1) is 15.0. The topological polar surface area (TPSA) is 80.9 Å². The third-order valence-electron chi connectivity index (χ3n) is 4.87. The first kappa shape index (κ1) is 20.3. The number of anilines is 2. The predicted molar refractivity (Wildman–Crippen MR) is 127 cm³/mol. The molecular formula is C26H24N4O. The quantitative estimate of drug-likeness (QED) is 0.428. The Hall–Kier alpha value is -3.99. The molecule has 1 aromatic heterocycles. The highest BCUT2D eigenvalue weighted by molar-refractivity contribution is 5.94. The molecule has 0 unspecified atom stereocenters. The van der Waals surface area contributed by atoms with E-state index in [0.29, 0.717) is 17.2 Å². The van der Waals surface area contributed by atoms with Crippen LogP contribution in [0.4, 0.5) is 11.5 Å². The maximum atomic E-state index is 12.7. The summed E-state index contributed by atoms with van der Waals surface area (Å²) in [6.45, 7) is 3.97. The summed E-state index contributed by atoms with van der Waals surface area (Å²) >= 11 is 0. The molecule has 0 spiro atoms. The van der Waals surface area contributed by atoms with Gasteiger partial charge in [-0.05, 0) is 48.4 Å². The second kappa shape index (κ2) is 8.79. The lowest BCUT2D eigenvalue weighted by molar-refractivity contribution is -0.115. The first-order valence-corrected chi connectivity index (χ1v) is 10.1. The summed E-state index contributed by atoms with van der Waals surface area (Å²) in [5.41, 5.74) is 10.8. The van der Waals surface area contributed by atoms with E-state index >= 15 is 0 Å². The minimum atomic E-state index is -0.131. The number of hydrogen-bond acceptors (Lipinski definition) is 4. The molecule has 0 bridgehead atoms. The van der Waals surface area contributed by atoms with Crippen LogP contribution in [0.1, 0.15) is 25.1 Å². The van der Waals surface area contributed by atoms with Crippen LogP contribution >= 0.6 is 0 Å². The van der Waals surface area contributed by atoms with Crippen LogP contribution < -0.4 is 11.1 Å². The number of fused-ring (bicyclic) bond motifs is 1. The van der Waals surface area contributed by atoms with Gasteiger partial charge in [-0.25, -0.2) is 9.97 Å². The smallest absolute Gasteiger partial charge is 0.230 e. The number of hydrogen-bond donors (Lipinski definition) is 2. The molecule has 0 saturated carbocycles. The third kappa shape index (κ3) is 4.95. The number of nitrogen functional groups attached to an aromatic ring is 1. The van der Waals surface area contributed by atoms with Crippen molar-refractivity contribution in [1.29, 1.82) is 0 Å². The van der Waals surface area contributed by atoms with Gasteiger partial charge in [0.05, 0.1) is 18.3 Å². The average Bonchev–Trinajstić information content (AvgIpc) is 2.75. The van der Waals surface area contributed by atoms with E-state index in [-0.39, 0.29) is 12.3 Å². The maximum Gasteiger partial charge on any atom is 0.230 e. The molecule has 1 amide bonds. The Morgan fingerprint density at radius 3 is 2.48 bits per heavy atom. The van der Waals surface area contributed by atoms with Gasteiger partial charge in [0.25, 0.3) is 0 Å². The molecule has 3 N–H and O–H groups in total. The molecule has 0 aliphatic carbocycles. The standard InChI is InChI=1S/C26H24N4O/c1-17(2)13-23-26(28-16-24(29-23)20-9-11-22(27)12-10-20)30-25(31)15-18-7-8-19-5-3-4-6-21(19)14-18/h3-14,16H,15,27H2,1-2H3,(H,28,30,31). The highest BCUT2D eigenvalue weighted by Gasteiger charge is 2.12. The first-order valence-electron chi connectivity index (χ1n) is 10.1. The Morgan fingerprint density at radius 1 is 1.00 bits per heavy atom. The van der Waals surface area contributed by atoms with Crippen LogP contribution in [0, 0.1) is 0 Å². The summed E-state index contributed by atoms with van der Waals surface area (Å²) < 4.78 is 0. The number of nitrogens with two attached hydrogens (primary N) is 1. The van der Waals surface area contributed by atoms with Crippen LogP contribution in [0.2, 0.25) is 0 Å². The Bertz CT molecular complexity index is 1270. The fraction of sp³-hybridized carbons (Fsp3) is 0.115.